The molecular weight excluding hydrogens is 578 g/mol. The van der Waals surface area contributed by atoms with Crippen LogP contribution in [0.15, 0.2) is 47.4 Å². The SMILES string of the molecule is CCc1ccc(N2CC=C(c3cc(NC(=O)c4c[nH]c(=O)cc4C(F)(F)F)c(N4CC(C)N(C)C(C)C4)cc3F)CC2)nn1. The quantitative estimate of drug-likeness (QED) is 0.380. The van der Waals surface area contributed by atoms with Crippen LogP contribution in [0, 0.1) is 5.82 Å². The normalized spacial score (nSPS) is 19.6. The summed E-state index contributed by atoms with van der Waals surface area (Å²) in [4.78, 5) is 33.3. The number of likely N-dealkylation sites (N-methyl/N-ethyl adjacent to an activating group) is 1. The molecule has 5 rings (SSSR count). The molecule has 4 heterocycles. The van der Waals surface area contributed by atoms with E-state index in [-0.39, 0.29) is 23.3 Å². The maximum Gasteiger partial charge on any atom is 0.417 e. The lowest BCUT2D eigenvalue weighted by Crippen LogP contribution is -2.55. The summed E-state index contributed by atoms with van der Waals surface area (Å²) in [6, 6.07) is 7.21. The summed E-state index contributed by atoms with van der Waals surface area (Å²) in [5.41, 5.74) is -0.682. The van der Waals surface area contributed by atoms with Crippen LogP contribution in [0.2, 0.25) is 0 Å². The van der Waals surface area contributed by atoms with Gasteiger partial charge >= 0.3 is 6.18 Å². The van der Waals surface area contributed by atoms with Gasteiger partial charge in [-0.15, -0.1) is 5.10 Å². The molecule has 234 valence electrons. The van der Waals surface area contributed by atoms with Crippen LogP contribution in [0.3, 0.4) is 0 Å². The van der Waals surface area contributed by atoms with Gasteiger partial charge in [-0.05, 0) is 63.6 Å². The van der Waals surface area contributed by atoms with Gasteiger partial charge in [0.1, 0.15) is 5.82 Å². The zero-order chi connectivity index (χ0) is 31.8. The van der Waals surface area contributed by atoms with Crippen molar-refractivity contribution in [2.75, 3.05) is 48.3 Å². The van der Waals surface area contributed by atoms with Crippen LogP contribution < -0.4 is 20.7 Å². The van der Waals surface area contributed by atoms with E-state index in [9.17, 15) is 22.8 Å². The monoisotopic (exact) mass is 613 g/mol. The fourth-order valence-electron chi connectivity index (χ4n) is 5.69. The summed E-state index contributed by atoms with van der Waals surface area (Å²) in [6.45, 7) is 8.10. The van der Waals surface area contributed by atoms with Gasteiger partial charge in [-0.1, -0.05) is 13.0 Å². The molecule has 44 heavy (non-hydrogen) atoms. The smallest absolute Gasteiger partial charge is 0.367 e. The molecule has 1 amide bonds. The minimum Gasteiger partial charge on any atom is -0.367 e. The number of nitrogens with zero attached hydrogens (tertiary/aromatic N) is 5. The van der Waals surface area contributed by atoms with Crippen molar-refractivity contribution in [3.63, 3.8) is 0 Å². The number of nitrogens with one attached hydrogen (secondary N) is 2. The Morgan fingerprint density at radius 2 is 1.82 bits per heavy atom. The molecule has 0 bridgehead atoms. The standard InChI is InChI=1S/C31H35F4N7O2/c1-5-21-6-7-28(39-38-21)41-10-8-20(9-11-41)22-12-26(27(14-25(22)32)42-16-18(2)40(4)19(3)17-42)37-30(44)23-15-36-29(43)13-24(23)31(33,34)35/h6-8,12-15,18-19H,5,9-11,16-17H2,1-4H3,(H,36,43)(H,37,44). The summed E-state index contributed by atoms with van der Waals surface area (Å²) in [7, 11) is 2.00. The fourth-order valence-corrected chi connectivity index (χ4v) is 5.69. The van der Waals surface area contributed by atoms with Crippen molar-refractivity contribution < 1.29 is 22.4 Å². The highest BCUT2D eigenvalue weighted by atomic mass is 19.4. The number of halogens is 4. The van der Waals surface area contributed by atoms with Crippen molar-refractivity contribution in [3.8, 4) is 0 Å². The molecule has 0 spiro atoms. The molecule has 0 saturated carbocycles. The number of hydrogen-bond donors (Lipinski definition) is 2. The lowest BCUT2D eigenvalue weighted by Gasteiger charge is -2.44. The Labute approximate surface area is 252 Å². The van der Waals surface area contributed by atoms with Crippen LogP contribution in [-0.2, 0) is 12.6 Å². The first-order valence-electron chi connectivity index (χ1n) is 14.5. The Balaban J connectivity index is 1.51. The Kier molecular flexibility index (Phi) is 8.78. The fraction of sp³-hybridized carbons (Fsp3) is 0.419. The molecule has 2 aliphatic rings. The van der Waals surface area contributed by atoms with E-state index in [2.05, 4.69) is 25.4 Å². The summed E-state index contributed by atoms with van der Waals surface area (Å²) < 4.78 is 57.1. The highest BCUT2D eigenvalue weighted by molar-refractivity contribution is 6.07. The average Bonchev–Trinajstić information content (AvgIpc) is 3.00. The number of benzene rings is 1. The van der Waals surface area contributed by atoms with E-state index in [1.165, 1.54) is 12.1 Å². The minimum atomic E-state index is -4.93. The second-order valence-electron chi connectivity index (χ2n) is 11.4. The molecule has 2 aliphatic heterocycles. The number of amides is 1. The highest BCUT2D eigenvalue weighted by Gasteiger charge is 2.36. The maximum atomic E-state index is 15.9. The third-order valence-electron chi connectivity index (χ3n) is 8.46. The molecule has 1 aromatic carbocycles. The van der Waals surface area contributed by atoms with Crippen LogP contribution >= 0.6 is 0 Å². The van der Waals surface area contributed by atoms with Crippen molar-refractivity contribution in [2.45, 2.75) is 51.9 Å². The van der Waals surface area contributed by atoms with Gasteiger partial charge in [0.15, 0.2) is 5.82 Å². The van der Waals surface area contributed by atoms with Gasteiger partial charge in [0.2, 0.25) is 5.56 Å². The summed E-state index contributed by atoms with van der Waals surface area (Å²) >= 11 is 0. The molecule has 1 fully saturated rings. The van der Waals surface area contributed by atoms with Gasteiger partial charge in [0, 0.05) is 56.1 Å². The summed E-state index contributed by atoms with van der Waals surface area (Å²) in [5.74, 6) is -0.856. The summed E-state index contributed by atoms with van der Waals surface area (Å²) in [5, 5.41) is 11.1. The number of alkyl halides is 3. The molecule has 0 aliphatic carbocycles. The molecule has 2 unspecified atom stereocenters. The van der Waals surface area contributed by atoms with E-state index in [4.69, 9.17) is 0 Å². The van der Waals surface area contributed by atoms with Gasteiger partial charge in [0.05, 0.1) is 28.2 Å². The van der Waals surface area contributed by atoms with Crippen LogP contribution in [0.5, 0.6) is 0 Å². The van der Waals surface area contributed by atoms with Crippen molar-refractivity contribution >= 4 is 28.7 Å². The Hall–Kier alpha value is -4.26. The highest BCUT2D eigenvalue weighted by Crippen LogP contribution is 2.37. The number of piperazine rings is 1. The first-order chi connectivity index (χ1) is 20.8. The maximum absolute atomic E-state index is 15.9. The number of hydrogen-bond acceptors (Lipinski definition) is 7. The van der Waals surface area contributed by atoms with Gasteiger partial charge < -0.3 is 20.1 Å². The lowest BCUT2D eigenvalue weighted by molar-refractivity contribution is -0.138. The molecule has 0 radical (unpaired) electrons. The zero-order valence-electron chi connectivity index (χ0n) is 25.0. The van der Waals surface area contributed by atoms with Crippen LogP contribution in [0.1, 0.15) is 54.4 Å². The molecular formula is C31H35F4N7O2. The molecule has 9 nitrogen and oxygen atoms in total. The largest absolute Gasteiger partial charge is 0.417 e. The Morgan fingerprint density at radius 1 is 1.09 bits per heavy atom. The number of carbonyl (C=O) groups excluding carboxylic acids is 1. The van der Waals surface area contributed by atoms with Gasteiger partial charge in [0.25, 0.3) is 5.91 Å². The zero-order valence-corrected chi connectivity index (χ0v) is 25.0. The van der Waals surface area contributed by atoms with Crippen LogP contribution in [-0.4, -0.2) is 71.3 Å². The summed E-state index contributed by atoms with van der Waals surface area (Å²) in [6.07, 6.45) is -1.05. The van der Waals surface area contributed by atoms with E-state index >= 15 is 4.39 Å². The third-order valence-corrected chi connectivity index (χ3v) is 8.46. The van der Waals surface area contributed by atoms with E-state index < -0.39 is 34.6 Å². The van der Waals surface area contributed by atoms with Crippen molar-refractivity contribution in [2.24, 2.45) is 0 Å². The van der Waals surface area contributed by atoms with Crippen LogP contribution in [0.25, 0.3) is 5.57 Å². The number of aryl methyl sites for hydroxylation is 1. The molecule has 13 heteroatoms. The van der Waals surface area contributed by atoms with Crippen molar-refractivity contribution in [1.29, 1.82) is 0 Å². The van der Waals surface area contributed by atoms with E-state index in [1.54, 1.807) is 0 Å². The number of carbonyl (C=O) groups is 1. The van der Waals surface area contributed by atoms with E-state index in [1.807, 2.05) is 55.8 Å². The van der Waals surface area contributed by atoms with Gasteiger partial charge in [-0.2, -0.15) is 18.3 Å². The minimum absolute atomic E-state index is 0.0996. The number of aromatic amines is 1. The second-order valence-corrected chi connectivity index (χ2v) is 11.4. The molecule has 2 atom stereocenters. The van der Waals surface area contributed by atoms with E-state index in [0.29, 0.717) is 55.7 Å². The number of aromatic nitrogens is 3. The first kappa shape index (κ1) is 31.2. The molecule has 2 N–H and O–H groups in total. The number of rotatable bonds is 6. The predicted molar refractivity (Wildman–Crippen MR) is 162 cm³/mol. The molecule has 2 aromatic heterocycles. The number of anilines is 3. The van der Waals surface area contributed by atoms with Gasteiger partial charge in [-0.25, -0.2) is 4.39 Å². The first-order valence-corrected chi connectivity index (χ1v) is 14.5. The second kappa shape index (κ2) is 12.4. The molecule has 3 aromatic rings. The Morgan fingerprint density at radius 3 is 2.41 bits per heavy atom. The predicted octanol–water partition coefficient (Wildman–Crippen LogP) is 4.96. The van der Waals surface area contributed by atoms with E-state index in [0.717, 1.165) is 18.3 Å². The Bertz CT molecular complexity index is 1610. The van der Waals surface area contributed by atoms with Gasteiger partial charge in [-0.3, -0.25) is 14.5 Å². The topological polar surface area (TPSA) is 97.5 Å². The molecule has 1 saturated heterocycles. The number of pyridine rings is 1. The average molecular weight is 614 g/mol. The number of H-pyrrole nitrogens is 1. The van der Waals surface area contributed by atoms with Crippen molar-refractivity contribution in [1.82, 2.24) is 20.1 Å². The third kappa shape index (κ3) is 6.47. The lowest BCUT2D eigenvalue weighted by atomic mass is 9.96. The van der Waals surface area contributed by atoms with Crippen LogP contribution in [0.4, 0.5) is 34.8 Å². The van der Waals surface area contributed by atoms with Crippen molar-refractivity contribution in [3.05, 3.63) is 81.2 Å².